The third-order valence-corrected chi connectivity index (χ3v) is 2.98. The molecule has 0 amide bonds. The number of aryl methyl sites for hydroxylation is 1. The molecule has 0 radical (unpaired) electrons. The molecule has 0 fully saturated rings. The van der Waals surface area contributed by atoms with Crippen molar-refractivity contribution in [1.29, 1.82) is 0 Å². The zero-order chi connectivity index (χ0) is 10.9. The molecule has 0 aromatic carbocycles. The number of carboxylic acid groups (broad SMARTS) is 1. The number of nitrogens with two attached hydrogens (primary N) is 1. The van der Waals surface area contributed by atoms with Crippen molar-refractivity contribution < 1.29 is 9.90 Å². The van der Waals surface area contributed by atoms with Crippen molar-refractivity contribution in [1.82, 2.24) is 4.98 Å². The molecule has 4 nitrogen and oxygen atoms in total. The maximum Gasteiger partial charge on any atom is 0.305 e. The molecule has 0 unspecified atom stereocenters. The van der Waals surface area contributed by atoms with Crippen LogP contribution in [0.3, 0.4) is 0 Å². The second kappa shape index (κ2) is 3.62. The van der Waals surface area contributed by atoms with Gasteiger partial charge in [0.2, 0.25) is 0 Å². The Bertz CT molecular complexity index is 392. The molecule has 1 aliphatic rings. The van der Waals surface area contributed by atoms with Crippen LogP contribution in [0.15, 0.2) is 18.5 Å². The molecule has 1 aromatic heterocycles. The molecule has 0 bridgehead atoms. The fourth-order valence-electron chi connectivity index (χ4n) is 2.27. The molecule has 0 aliphatic heterocycles. The van der Waals surface area contributed by atoms with Crippen molar-refractivity contribution in [3.05, 3.63) is 29.6 Å². The maximum atomic E-state index is 10.8. The summed E-state index contributed by atoms with van der Waals surface area (Å²) in [5, 5.41) is 8.86. The van der Waals surface area contributed by atoms with Gasteiger partial charge in [0.15, 0.2) is 0 Å². The van der Waals surface area contributed by atoms with E-state index in [2.05, 4.69) is 4.98 Å². The molecule has 2 rings (SSSR count). The van der Waals surface area contributed by atoms with Gasteiger partial charge in [0, 0.05) is 12.4 Å². The topological polar surface area (TPSA) is 76.2 Å². The summed E-state index contributed by atoms with van der Waals surface area (Å²) in [6.07, 6.45) is 6.05. The maximum absolute atomic E-state index is 10.8. The van der Waals surface area contributed by atoms with Crippen molar-refractivity contribution in [2.45, 2.75) is 31.2 Å². The Kier molecular flexibility index (Phi) is 2.44. The highest BCUT2D eigenvalue weighted by Gasteiger charge is 2.34. The molecular formula is C11H14N2O2. The van der Waals surface area contributed by atoms with Crippen LogP contribution in [0.1, 0.15) is 30.4 Å². The molecule has 80 valence electrons. The van der Waals surface area contributed by atoms with Gasteiger partial charge in [-0.25, -0.2) is 0 Å². The van der Waals surface area contributed by atoms with E-state index in [0.717, 1.165) is 30.4 Å². The van der Waals surface area contributed by atoms with Gasteiger partial charge in [-0.3, -0.25) is 9.78 Å². The Morgan fingerprint density at radius 2 is 2.47 bits per heavy atom. The van der Waals surface area contributed by atoms with Crippen molar-refractivity contribution in [2.75, 3.05) is 0 Å². The largest absolute Gasteiger partial charge is 0.481 e. The normalized spacial score (nSPS) is 24.6. The third-order valence-electron chi connectivity index (χ3n) is 2.98. The standard InChI is InChI=1S/C11H14N2O2/c12-11(6-10(14)15)4-1-2-8-3-5-13-7-9(8)11/h3,5,7H,1-2,4,6,12H2,(H,14,15)/t11-/m0/s1. The first-order chi connectivity index (χ1) is 7.12. The van der Waals surface area contributed by atoms with Crippen LogP contribution in [-0.2, 0) is 16.8 Å². The van der Waals surface area contributed by atoms with Gasteiger partial charge >= 0.3 is 5.97 Å². The average Bonchev–Trinajstić information content (AvgIpc) is 2.17. The second-order valence-corrected chi connectivity index (χ2v) is 4.11. The SMILES string of the molecule is N[C@]1(CC(=O)O)CCCc2ccncc21. The lowest BCUT2D eigenvalue weighted by Gasteiger charge is -2.34. The lowest BCUT2D eigenvalue weighted by Crippen LogP contribution is -2.42. The smallest absolute Gasteiger partial charge is 0.305 e. The highest BCUT2D eigenvalue weighted by molar-refractivity contribution is 5.69. The minimum atomic E-state index is -0.853. The van der Waals surface area contributed by atoms with Crippen LogP contribution < -0.4 is 5.73 Å². The second-order valence-electron chi connectivity index (χ2n) is 4.11. The van der Waals surface area contributed by atoms with Crippen LogP contribution in [0.2, 0.25) is 0 Å². The summed E-state index contributed by atoms with van der Waals surface area (Å²) in [7, 11) is 0. The summed E-state index contributed by atoms with van der Waals surface area (Å²) < 4.78 is 0. The average molecular weight is 206 g/mol. The number of rotatable bonds is 2. The van der Waals surface area contributed by atoms with Crippen molar-refractivity contribution in [2.24, 2.45) is 5.73 Å². The van der Waals surface area contributed by atoms with Gasteiger partial charge in [-0.1, -0.05) is 0 Å². The number of pyridine rings is 1. The summed E-state index contributed by atoms with van der Waals surface area (Å²) in [6.45, 7) is 0. The predicted molar refractivity (Wildman–Crippen MR) is 55.3 cm³/mol. The Balaban J connectivity index is 2.40. The number of fused-ring (bicyclic) bond motifs is 1. The number of aliphatic carboxylic acids is 1. The molecule has 0 saturated carbocycles. The van der Waals surface area contributed by atoms with E-state index in [1.807, 2.05) is 6.07 Å². The Labute approximate surface area is 88.1 Å². The zero-order valence-corrected chi connectivity index (χ0v) is 8.44. The van der Waals surface area contributed by atoms with Crippen LogP contribution in [-0.4, -0.2) is 16.1 Å². The number of hydrogen-bond donors (Lipinski definition) is 2. The molecule has 0 spiro atoms. The molecule has 1 atom stereocenters. The molecular weight excluding hydrogens is 192 g/mol. The fourth-order valence-corrected chi connectivity index (χ4v) is 2.27. The predicted octanol–water partition coefficient (Wildman–Crippen LogP) is 1.05. The molecule has 3 N–H and O–H groups in total. The number of hydrogen-bond acceptors (Lipinski definition) is 3. The minimum absolute atomic E-state index is 0.0221. The molecule has 1 heterocycles. The summed E-state index contributed by atoms with van der Waals surface area (Å²) in [5.41, 5.74) is 7.46. The quantitative estimate of drug-likeness (QED) is 0.758. The van der Waals surface area contributed by atoms with E-state index < -0.39 is 11.5 Å². The van der Waals surface area contributed by atoms with E-state index in [4.69, 9.17) is 10.8 Å². The van der Waals surface area contributed by atoms with Crippen LogP contribution >= 0.6 is 0 Å². The number of aromatic nitrogens is 1. The van der Waals surface area contributed by atoms with Gasteiger partial charge in [0.1, 0.15) is 0 Å². The summed E-state index contributed by atoms with van der Waals surface area (Å²) >= 11 is 0. The first-order valence-electron chi connectivity index (χ1n) is 5.06. The van der Waals surface area contributed by atoms with E-state index in [1.54, 1.807) is 12.4 Å². The molecule has 1 aliphatic carbocycles. The Hall–Kier alpha value is -1.42. The molecule has 15 heavy (non-hydrogen) atoms. The van der Waals surface area contributed by atoms with E-state index in [1.165, 1.54) is 0 Å². The van der Waals surface area contributed by atoms with E-state index in [-0.39, 0.29) is 6.42 Å². The Morgan fingerprint density at radius 3 is 3.20 bits per heavy atom. The van der Waals surface area contributed by atoms with Gasteiger partial charge in [-0.2, -0.15) is 0 Å². The number of carbonyl (C=O) groups is 1. The zero-order valence-electron chi connectivity index (χ0n) is 8.44. The molecule has 4 heteroatoms. The van der Waals surface area contributed by atoms with Gasteiger partial charge in [-0.05, 0) is 36.5 Å². The third kappa shape index (κ3) is 1.85. The van der Waals surface area contributed by atoms with Crippen LogP contribution in [0.5, 0.6) is 0 Å². The highest BCUT2D eigenvalue weighted by Crippen LogP contribution is 2.34. The van der Waals surface area contributed by atoms with Crippen LogP contribution in [0.4, 0.5) is 0 Å². The van der Waals surface area contributed by atoms with E-state index in [0.29, 0.717) is 0 Å². The Morgan fingerprint density at radius 1 is 1.67 bits per heavy atom. The van der Waals surface area contributed by atoms with Crippen LogP contribution in [0, 0.1) is 0 Å². The van der Waals surface area contributed by atoms with Gasteiger partial charge < -0.3 is 10.8 Å². The number of carboxylic acids is 1. The number of nitrogens with zero attached hydrogens (tertiary/aromatic N) is 1. The first kappa shape index (κ1) is 10.1. The monoisotopic (exact) mass is 206 g/mol. The molecule has 0 saturated heterocycles. The molecule has 1 aromatic rings. The van der Waals surface area contributed by atoms with Gasteiger partial charge in [-0.15, -0.1) is 0 Å². The van der Waals surface area contributed by atoms with E-state index in [9.17, 15) is 4.79 Å². The van der Waals surface area contributed by atoms with Gasteiger partial charge in [0.05, 0.1) is 12.0 Å². The first-order valence-corrected chi connectivity index (χ1v) is 5.06. The van der Waals surface area contributed by atoms with Crippen molar-refractivity contribution in [3.8, 4) is 0 Å². The lowest BCUT2D eigenvalue weighted by atomic mass is 9.76. The minimum Gasteiger partial charge on any atom is -0.481 e. The summed E-state index contributed by atoms with van der Waals surface area (Å²) in [6, 6.07) is 1.93. The van der Waals surface area contributed by atoms with Crippen LogP contribution in [0.25, 0.3) is 0 Å². The van der Waals surface area contributed by atoms with E-state index >= 15 is 0 Å². The summed E-state index contributed by atoms with van der Waals surface area (Å²) in [4.78, 5) is 14.8. The van der Waals surface area contributed by atoms with Gasteiger partial charge in [0.25, 0.3) is 0 Å². The van der Waals surface area contributed by atoms with Crippen molar-refractivity contribution in [3.63, 3.8) is 0 Å². The fraction of sp³-hybridized carbons (Fsp3) is 0.455. The lowest BCUT2D eigenvalue weighted by molar-refractivity contribution is -0.138. The van der Waals surface area contributed by atoms with Crippen molar-refractivity contribution >= 4 is 5.97 Å². The highest BCUT2D eigenvalue weighted by atomic mass is 16.4. The summed E-state index contributed by atoms with van der Waals surface area (Å²) in [5.74, 6) is -0.853.